The molecule has 0 heterocycles. The number of carbonyl (C=O) groups excluding carboxylic acids is 1. The zero-order valence-electron chi connectivity index (χ0n) is 11.7. The van der Waals surface area contributed by atoms with Gasteiger partial charge in [-0.2, -0.15) is 0 Å². The van der Waals surface area contributed by atoms with Crippen LogP contribution in [-0.2, 0) is 11.2 Å². The monoisotopic (exact) mass is 277 g/mol. The summed E-state index contributed by atoms with van der Waals surface area (Å²) in [6, 6.07) is 8.14. The van der Waals surface area contributed by atoms with Crippen molar-refractivity contribution in [1.82, 2.24) is 5.32 Å². The van der Waals surface area contributed by atoms with Gasteiger partial charge in [0.25, 0.3) is 0 Å². The van der Waals surface area contributed by atoms with Crippen LogP contribution in [0.1, 0.15) is 38.7 Å². The van der Waals surface area contributed by atoms with Crippen LogP contribution in [0.4, 0.5) is 0 Å². The number of thiol groups is 1. The smallest absolute Gasteiger partial charge is 0.224 e. The van der Waals surface area contributed by atoms with E-state index in [2.05, 4.69) is 31.8 Å². The van der Waals surface area contributed by atoms with E-state index in [9.17, 15) is 4.79 Å². The third-order valence-electron chi connectivity index (χ3n) is 4.08. The minimum absolute atomic E-state index is 0.137. The van der Waals surface area contributed by atoms with E-state index in [1.54, 1.807) is 0 Å². The van der Waals surface area contributed by atoms with Crippen LogP contribution in [0, 0.1) is 11.8 Å². The maximum absolute atomic E-state index is 12.1. The second-order valence-electron chi connectivity index (χ2n) is 5.91. The Balaban J connectivity index is 1.85. The Hall–Kier alpha value is -0.960. The summed E-state index contributed by atoms with van der Waals surface area (Å²) < 4.78 is 0. The molecule has 2 rings (SSSR count). The van der Waals surface area contributed by atoms with Crippen LogP contribution in [0.15, 0.2) is 29.2 Å². The molecule has 104 valence electrons. The topological polar surface area (TPSA) is 29.1 Å². The molecule has 0 saturated heterocycles. The second kappa shape index (κ2) is 6.47. The Morgan fingerprint density at radius 1 is 1.26 bits per heavy atom. The minimum Gasteiger partial charge on any atom is -0.353 e. The van der Waals surface area contributed by atoms with Gasteiger partial charge in [-0.05, 0) is 48.8 Å². The number of nitrogens with one attached hydrogen (secondary N) is 1. The standard InChI is InChI=1S/C16H23NOS/c1-11-3-8-15(12(2)9-11)17-16(18)10-13-4-6-14(19)7-5-13/h4-7,11-12,15,19H,3,8-10H2,1-2H3,(H,17,18). The molecule has 1 N–H and O–H groups in total. The van der Waals surface area contributed by atoms with Gasteiger partial charge >= 0.3 is 0 Å². The van der Waals surface area contributed by atoms with Gasteiger partial charge in [-0.3, -0.25) is 4.79 Å². The largest absolute Gasteiger partial charge is 0.353 e. The lowest BCUT2D eigenvalue weighted by Gasteiger charge is -2.33. The highest BCUT2D eigenvalue weighted by Gasteiger charge is 2.26. The first-order chi connectivity index (χ1) is 9.04. The molecule has 0 aliphatic heterocycles. The summed E-state index contributed by atoms with van der Waals surface area (Å²) in [7, 11) is 0. The van der Waals surface area contributed by atoms with Crippen molar-refractivity contribution in [3.05, 3.63) is 29.8 Å². The molecule has 0 spiro atoms. The number of rotatable bonds is 3. The fourth-order valence-corrected chi connectivity index (χ4v) is 3.09. The highest BCUT2D eigenvalue weighted by molar-refractivity contribution is 7.80. The van der Waals surface area contributed by atoms with Crippen molar-refractivity contribution in [3.63, 3.8) is 0 Å². The highest BCUT2D eigenvalue weighted by atomic mass is 32.1. The van der Waals surface area contributed by atoms with Crippen molar-refractivity contribution < 1.29 is 4.79 Å². The number of amides is 1. The van der Waals surface area contributed by atoms with Gasteiger partial charge in [0.15, 0.2) is 0 Å². The third-order valence-corrected chi connectivity index (χ3v) is 4.38. The lowest BCUT2D eigenvalue weighted by atomic mass is 9.80. The van der Waals surface area contributed by atoms with Crippen LogP contribution in [-0.4, -0.2) is 11.9 Å². The van der Waals surface area contributed by atoms with Gasteiger partial charge in [-0.15, -0.1) is 12.6 Å². The number of benzene rings is 1. The van der Waals surface area contributed by atoms with E-state index in [1.807, 2.05) is 24.3 Å². The predicted octanol–water partition coefficient (Wildman–Crippen LogP) is 3.46. The molecule has 0 radical (unpaired) electrons. The lowest BCUT2D eigenvalue weighted by molar-refractivity contribution is -0.121. The maximum Gasteiger partial charge on any atom is 0.224 e. The van der Waals surface area contributed by atoms with Crippen LogP contribution < -0.4 is 5.32 Å². The van der Waals surface area contributed by atoms with Crippen LogP contribution in [0.25, 0.3) is 0 Å². The average molecular weight is 277 g/mol. The van der Waals surface area contributed by atoms with Gasteiger partial charge in [0, 0.05) is 10.9 Å². The summed E-state index contributed by atoms with van der Waals surface area (Å²) in [6.45, 7) is 4.55. The Kier molecular flexibility index (Phi) is 4.92. The number of hydrogen-bond donors (Lipinski definition) is 2. The van der Waals surface area contributed by atoms with Crippen LogP contribution in [0.3, 0.4) is 0 Å². The molecule has 3 unspecified atom stereocenters. The van der Waals surface area contributed by atoms with Crippen molar-refractivity contribution in [3.8, 4) is 0 Å². The van der Waals surface area contributed by atoms with E-state index in [-0.39, 0.29) is 5.91 Å². The second-order valence-corrected chi connectivity index (χ2v) is 6.43. The van der Waals surface area contributed by atoms with Gasteiger partial charge in [-0.1, -0.05) is 26.0 Å². The Morgan fingerprint density at radius 3 is 2.58 bits per heavy atom. The first-order valence-corrected chi connectivity index (χ1v) is 7.56. The summed E-state index contributed by atoms with van der Waals surface area (Å²) in [5.41, 5.74) is 1.05. The molecule has 1 aliphatic rings. The van der Waals surface area contributed by atoms with Crippen molar-refractivity contribution in [1.29, 1.82) is 0 Å². The minimum atomic E-state index is 0.137. The van der Waals surface area contributed by atoms with Crippen molar-refractivity contribution >= 4 is 18.5 Å². The molecular formula is C16H23NOS. The summed E-state index contributed by atoms with van der Waals surface area (Å²) in [5, 5.41) is 3.19. The molecule has 2 nitrogen and oxygen atoms in total. The molecule has 1 aromatic rings. The van der Waals surface area contributed by atoms with E-state index >= 15 is 0 Å². The molecule has 1 fully saturated rings. The first-order valence-electron chi connectivity index (χ1n) is 7.12. The van der Waals surface area contributed by atoms with E-state index in [4.69, 9.17) is 0 Å². The fraction of sp³-hybridized carbons (Fsp3) is 0.562. The van der Waals surface area contributed by atoms with Crippen LogP contribution in [0.2, 0.25) is 0 Å². The normalized spacial score (nSPS) is 27.0. The summed E-state index contributed by atoms with van der Waals surface area (Å²) in [5.74, 6) is 1.52. The molecule has 1 saturated carbocycles. The molecule has 0 aromatic heterocycles. The van der Waals surface area contributed by atoms with E-state index in [1.165, 1.54) is 12.8 Å². The van der Waals surface area contributed by atoms with Gasteiger partial charge in [0.05, 0.1) is 6.42 Å². The van der Waals surface area contributed by atoms with Crippen molar-refractivity contribution in [2.45, 2.75) is 50.5 Å². The van der Waals surface area contributed by atoms with Gasteiger partial charge in [0.1, 0.15) is 0 Å². The fourth-order valence-electron chi connectivity index (χ4n) is 2.94. The van der Waals surface area contributed by atoms with Crippen LogP contribution in [0.5, 0.6) is 0 Å². The molecule has 3 heteroatoms. The van der Waals surface area contributed by atoms with E-state index in [0.717, 1.165) is 22.8 Å². The molecule has 19 heavy (non-hydrogen) atoms. The average Bonchev–Trinajstić information content (AvgIpc) is 2.36. The maximum atomic E-state index is 12.1. The SMILES string of the molecule is CC1CCC(NC(=O)Cc2ccc(S)cc2)C(C)C1. The van der Waals surface area contributed by atoms with E-state index < -0.39 is 0 Å². The van der Waals surface area contributed by atoms with Gasteiger partial charge < -0.3 is 5.32 Å². The Labute approximate surface area is 121 Å². The zero-order chi connectivity index (χ0) is 13.8. The summed E-state index contributed by atoms with van der Waals surface area (Å²) >= 11 is 4.25. The molecule has 0 bridgehead atoms. The van der Waals surface area contributed by atoms with Crippen LogP contribution >= 0.6 is 12.6 Å². The first kappa shape index (κ1) is 14.4. The van der Waals surface area contributed by atoms with Gasteiger partial charge in [0.2, 0.25) is 5.91 Å². The number of carbonyl (C=O) groups is 1. The Morgan fingerprint density at radius 2 is 1.95 bits per heavy atom. The number of hydrogen-bond acceptors (Lipinski definition) is 2. The quantitative estimate of drug-likeness (QED) is 0.814. The zero-order valence-corrected chi connectivity index (χ0v) is 12.6. The predicted molar refractivity (Wildman–Crippen MR) is 81.5 cm³/mol. The third kappa shape index (κ3) is 4.27. The Bertz CT molecular complexity index is 429. The van der Waals surface area contributed by atoms with E-state index in [0.29, 0.717) is 18.4 Å². The summed E-state index contributed by atoms with van der Waals surface area (Å²) in [6.07, 6.45) is 4.03. The molecule has 1 amide bonds. The molecule has 1 aromatic carbocycles. The summed E-state index contributed by atoms with van der Waals surface area (Å²) in [4.78, 5) is 13.0. The molecule has 1 aliphatic carbocycles. The van der Waals surface area contributed by atoms with Crippen molar-refractivity contribution in [2.24, 2.45) is 11.8 Å². The highest BCUT2D eigenvalue weighted by Crippen LogP contribution is 2.28. The molecule has 3 atom stereocenters. The molecular weight excluding hydrogens is 254 g/mol. The van der Waals surface area contributed by atoms with Gasteiger partial charge in [-0.25, -0.2) is 0 Å². The lowest BCUT2D eigenvalue weighted by Crippen LogP contribution is -2.43. The van der Waals surface area contributed by atoms with Crippen molar-refractivity contribution in [2.75, 3.05) is 0 Å².